The van der Waals surface area contributed by atoms with Crippen LogP contribution < -0.4 is 5.32 Å². The van der Waals surface area contributed by atoms with Gasteiger partial charge in [-0.2, -0.15) is 0 Å². The van der Waals surface area contributed by atoms with Crippen LogP contribution in [0.5, 0.6) is 0 Å². The van der Waals surface area contributed by atoms with Crippen molar-refractivity contribution < 1.29 is 14.3 Å². The first-order valence-electron chi connectivity index (χ1n) is 5.62. The number of benzene rings is 1. The highest BCUT2D eigenvalue weighted by Crippen LogP contribution is 2.18. The molecule has 0 fully saturated rings. The summed E-state index contributed by atoms with van der Waals surface area (Å²) in [5.41, 5.74) is 1.40. The number of amides is 1. The Hall–Kier alpha value is -2.14. The van der Waals surface area contributed by atoms with Gasteiger partial charge in [0, 0.05) is 17.7 Å². The summed E-state index contributed by atoms with van der Waals surface area (Å²) in [4.78, 5) is 15.5. The number of hydrogen-bond acceptors (Lipinski definition) is 4. The van der Waals surface area contributed by atoms with Crippen LogP contribution in [0.25, 0.3) is 11.3 Å². The van der Waals surface area contributed by atoms with Crippen molar-refractivity contribution in [1.29, 1.82) is 0 Å². The van der Waals surface area contributed by atoms with E-state index in [-0.39, 0.29) is 12.5 Å². The molecule has 1 aromatic heterocycles. The molecule has 0 aliphatic carbocycles. The van der Waals surface area contributed by atoms with E-state index in [1.165, 1.54) is 6.39 Å². The molecule has 18 heavy (non-hydrogen) atoms. The largest absolute Gasteiger partial charge is 0.444 e. The van der Waals surface area contributed by atoms with Crippen LogP contribution in [0.3, 0.4) is 0 Å². The van der Waals surface area contributed by atoms with Crippen LogP contribution in [-0.2, 0) is 0 Å². The van der Waals surface area contributed by atoms with Gasteiger partial charge in [0.05, 0.1) is 12.3 Å². The van der Waals surface area contributed by atoms with Crippen molar-refractivity contribution in [3.05, 3.63) is 42.4 Å². The minimum atomic E-state index is -0.553. The fourth-order valence-electron chi connectivity index (χ4n) is 1.49. The second-order valence-electron chi connectivity index (χ2n) is 4.00. The predicted molar refractivity (Wildman–Crippen MR) is 66.0 cm³/mol. The number of oxazole rings is 1. The quantitative estimate of drug-likeness (QED) is 0.856. The van der Waals surface area contributed by atoms with Gasteiger partial charge in [-0.05, 0) is 19.1 Å². The Labute approximate surface area is 104 Å². The third-order valence-corrected chi connectivity index (χ3v) is 2.42. The molecule has 2 aromatic rings. The Kier molecular flexibility index (Phi) is 3.74. The maximum atomic E-state index is 11.7. The molecular weight excluding hydrogens is 232 g/mol. The summed E-state index contributed by atoms with van der Waals surface area (Å²) in [5.74, 6) is 0.450. The topological polar surface area (TPSA) is 75.4 Å². The number of aliphatic hydroxyl groups is 1. The summed E-state index contributed by atoms with van der Waals surface area (Å²) in [7, 11) is 0. The Morgan fingerprint density at radius 2 is 2.17 bits per heavy atom. The molecule has 1 aromatic carbocycles. The Morgan fingerprint density at radius 1 is 1.44 bits per heavy atom. The maximum Gasteiger partial charge on any atom is 0.251 e. The molecule has 2 N–H and O–H groups in total. The number of carbonyl (C=O) groups is 1. The van der Waals surface area contributed by atoms with Crippen LogP contribution in [0.1, 0.15) is 17.3 Å². The Morgan fingerprint density at radius 3 is 2.72 bits per heavy atom. The molecule has 1 amide bonds. The van der Waals surface area contributed by atoms with Crippen molar-refractivity contribution in [3.63, 3.8) is 0 Å². The first-order valence-corrected chi connectivity index (χ1v) is 5.62. The number of rotatable bonds is 4. The molecule has 2 rings (SSSR count). The third kappa shape index (κ3) is 2.95. The number of nitrogens with one attached hydrogen (secondary N) is 1. The summed E-state index contributed by atoms with van der Waals surface area (Å²) >= 11 is 0. The molecule has 1 unspecified atom stereocenters. The first kappa shape index (κ1) is 12.3. The molecule has 0 radical (unpaired) electrons. The lowest BCUT2D eigenvalue weighted by atomic mass is 10.1. The molecule has 0 bridgehead atoms. The van der Waals surface area contributed by atoms with E-state index >= 15 is 0 Å². The molecule has 5 heteroatoms. The molecule has 94 valence electrons. The van der Waals surface area contributed by atoms with Gasteiger partial charge < -0.3 is 14.8 Å². The van der Waals surface area contributed by atoms with Crippen molar-refractivity contribution in [2.24, 2.45) is 0 Å². The van der Waals surface area contributed by atoms with E-state index in [0.29, 0.717) is 11.3 Å². The Balaban J connectivity index is 2.06. The van der Waals surface area contributed by atoms with Gasteiger partial charge in [-0.15, -0.1) is 0 Å². The molecule has 0 aliphatic heterocycles. The van der Waals surface area contributed by atoms with Crippen LogP contribution in [0.4, 0.5) is 0 Å². The van der Waals surface area contributed by atoms with Crippen molar-refractivity contribution in [2.45, 2.75) is 13.0 Å². The lowest BCUT2D eigenvalue weighted by molar-refractivity contribution is 0.0924. The highest BCUT2D eigenvalue weighted by atomic mass is 16.3. The van der Waals surface area contributed by atoms with Gasteiger partial charge in [-0.3, -0.25) is 4.79 Å². The van der Waals surface area contributed by atoms with Crippen molar-refractivity contribution in [1.82, 2.24) is 10.3 Å². The average molecular weight is 246 g/mol. The van der Waals surface area contributed by atoms with Crippen molar-refractivity contribution in [3.8, 4) is 11.3 Å². The molecule has 0 saturated carbocycles. The smallest absolute Gasteiger partial charge is 0.251 e. The SMILES string of the molecule is CC(O)CNC(=O)c1ccc(-c2cnco2)cc1. The normalized spacial score (nSPS) is 12.1. The van der Waals surface area contributed by atoms with Crippen LogP contribution in [-0.4, -0.2) is 28.6 Å². The zero-order valence-corrected chi connectivity index (χ0v) is 9.96. The number of carbonyl (C=O) groups excluding carboxylic acids is 1. The van der Waals surface area contributed by atoms with E-state index in [0.717, 1.165) is 5.56 Å². The van der Waals surface area contributed by atoms with Gasteiger partial charge in [0.2, 0.25) is 0 Å². The maximum absolute atomic E-state index is 11.7. The minimum Gasteiger partial charge on any atom is -0.444 e. The van der Waals surface area contributed by atoms with Crippen LogP contribution >= 0.6 is 0 Å². The summed E-state index contributed by atoms with van der Waals surface area (Å²) in [6.07, 6.45) is 2.42. The number of aromatic nitrogens is 1. The van der Waals surface area contributed by atoms with Gasteiger partial charge in [0.25, 0.3) is 5.91 Å². The lowest BCUT2D eigenvalue weighted by Gasteiger charge is -2.07. The van der Waals surface area contributed by atoms with Gasteiger partial charge in [0.15, 0.2) is 12.2 Å². The zero-order valence-electron chi connectivity index (χ0n) is 9.96. The van der Waals surface area contributed by atoms with Crippen LogP contribution in [0.15, 0.2) is 41.3 Å². The van der Waals surface area contributed by atoms with Crippen molar-refractivity contribution >= 4 is 5.91 Å². The lowest BCUT2D eigenvalue weighted by Crippen LogP contribution is -2.30. The van der Waals surface area contributed by atoms with Gasteiger partial charge in [0.1, 0.15) is 0 Å². The first-order chi connectivity index (χ1) is 8.66. The van der Waals surface area contributed by atoms with E-state index in [1.54, 1.807) is 37.4 Å². The fraction of sp³-hybridized carbons (Fsp3) is 0.231. The number of nitrogens with zero attached hydrogens (tertiary/aromatic N) is 1. The van der Waals surface area contributed by atoms with E-state index in [2.05, 4.69) is 10.3 Å². The van der Waals surface area contributed by atoms with Gasteiger partial charge >= 0.3 is 0 Å². The second kappa shape index (κ2) is 5.46. The summed E-state index contributed by atoms with van der Waals surface area (Å²) in [6.45, 7) is 1.86. The van der Waals surface area contributed by atoms with Crippen molar-refractivity contribution in [2.75, 3.05) is 6.54 Å². The van der Waals surface area contributed by atoms with Gasteiger partial charge in [-0.1, -0.05) is 12.1 Å². The fourth-order valence-corrected chi connectivity index (χ4v) is 1.49. The van der Waals surface area contributed by atoms with E-state index in [9.17, 15) is 4.79 Å². The highest BCUT2D eigenvalue weighted by molar-refractivity contribution is 5.94. The molecule has 1 heterocycles. The monoisotopic (exact) mass is 246 g/mol. The van der Waals surface area contributed by atoms with E-state index < -0.39 is 6.10 Å². The number of aliphatic hydroxyl groups excluding tert-OH is 1. The standard InChI is InChI=1S/C13H14N2O3/c1-9(16)6-15-13(17)11-4-2-10(3-5-11)12-7-14-8-18-12/h2-5,7-9,16H,6H2,1H3,(H,15,17). The number of hydrogen-bond donors (Lipinski definition) is 2. The second-order valence-corrected chi connectivity index (χ2v) is 4.00. The Bertz CT molecular complexity index is 504. The summed E-state index contributed by atoms with van der Waals surface area (Å²) < 4.78 is 5.15. The van der Waals surface area contributed by atoms with E-state index in [4.69, 9.17) is 9.52 Å². The summed E-state index contributed by atoms with van der Waals surface area (Å²) in [5, 5.41) is 11.7. The van der Waals surface area contributed by atoms with E-state index in [1.807, 2.05) is 0 Å². The van der Waals surface area contributed by atoms with Crippen LogP contribution in [0.2, 0.25) is 0 Å². The molecule has 5 nitrogen and oxygen atoms in total. The predicted octanol–water partition coefficient (Wildman–Crippen LogP) is 1.45. The molecule has 1 atom stereocenters. The molecular formula is C13H14N2O3. The molecule has 0 aliphatic rings. The third-order valence-electron chi connectivity index (χ3n) is 2.42. The molecule has 0 saturated heterocycles. The van der Waals surface area contributed by atoms with Crippen LogP contribution in [0, 0.1) is 0 Å². The van der Waals surface area contributed by atoms with Gasteiger partial charge in [-0.25, -0.2) is 4.98 Å². The zero-order chi connectivity index (χ0) is 13.0. The molecule has 0 spiro atoms. The summed E-state index contributed by atoms with van der Waals surface area (Å²) in [6, 6.07) is 6.99. The minimum absolute atomic E-state index is 0.208. The average Bonchev–Trinajstić information content (AvgIpc) is 2.90. The highest BCUT2D eigenvalue weighted by Gasteiger charge is 2.07.